The summed E-state index contributed by atoms with van der Waals surface area (Å²) in [4.78, 5) is 13.0. The number of carbonyl (C=O) groups is 1. The van der Waals surface area contributed by atoms with Crippen LogP contribution in [0.3, 0.4) is 0 Å². The summed E-state index contributed by atoms with van der Waals surface area (Å²) in [6.45, 7) is 0. The predicted molar refractivity (Wildman–Crippen MR) is 85.7 cm³/mol. The van der Waals surface area contributed by atoms with Crippen molar-refractivity contribution in [1.82, 2.24) is 0 Å². The molecule has 0 spiro atoms. The molecule has 0 radical (unpaired) electrons. The van der Waals surface area contributed by atoms with Crippen LogP contribution in [0.5, 0.6) is 0 Å². The van der Waals surface area contributed by atoms with Gasteiger partial charge in [0, 0.05) is 23.3 Å². The highest BCUT2D eigenvalue weighted by Crippen LogP contribution is 2.39. The Balaban J connectivity index is 2.02. The first-order valence-corrected chi connectivity index (χ1v) is 7.75. The van der Waals surface area contributed by atoms with E-state index in [4.69, 9.17) is 11.6 Å². The van der Waals surface area contributed by atoms with Crippen LogP contribution in [0.2, 0.25) is 5.02 Å². The van der Waals surface area contributed by atoms with Crippen molar-refractivity contribution in [2.24, 2.45) is 0 Å². The smallest absolute Gasteiger partial charge is 0.231 e. The summed E-state index contributed by atoms with van der Waals surface area (Å²) in [5.41, 5.74) is 3.15. The van der Waals surface area contributed by atoms with Gasteiger partial charge in [0.05, 0.1) is 11.2 Å². The summed E-state index contributed by atoms with van der Waals surface area (Å²) in [6.07, 6.45) is 0.379. The Morgan fingerprint density at radius 2 is 2.10 bits per heavy atom. The molecule has 0 fully saturated rings. The van der Waals surface area contributed by atoms with Gasteiger partial charge in [0.25, 0.3) is 0 Å². The van der Waals surface area contributed by atoms with E-state index < -0.39 is 0 Å². The molecule has 1 heterocycles. The highest BCUT2D eigenvalue weighted by molar-refractivity contribution is 9.09. The minimum atomic E-state index is -0.350. The molecule has 1 amide bonds. The molecule has 5 heteroatoms. The average molecular weight is 369 g/mol. The number of carbonyl (C=O) groups excluding carboxylic acids is 1. The van der Waals surface area contributed by atoms with E-state index in [1.807, 2.05) is 18.2 Å². The third-order valence-electron chi connectivity index (χ3n) is 3.73. The number of fused-ring (bicyclic) bond motifs is 1. The summed E-state index contributed by atoms with van der Waals surface area (Å²) >= 11 is 9.62. The molecule has 108 valence electrons. The highest BCUT2D eigenvalue weighted by atomic mass is 79.9. The second-order valence-corrected chi connectivity index (χ2v) is 6.34. The molecule has 0 saturated carbocycles. The number of hydrogen-bond acceptors (Lipinski definition) is 1. The SMILES string of the molecule is CN1C(=O)Cc2cc(C(Br)c3c(F)cccc3Cl)ccc21. The molecule has 0 aliphatic carbocycles. The molecule has 21 heavy (non-hydrogen) atoms. The van der Waals surface area contributed by atoms with Crippen LogP contribution in [0.4, 0.5) is 10.1 Å². The number of nitrogens with zero attached hydrogens (tertiary/aromatic N) is 1. The van der Waals surface area contributed by atoms with Gasteiger partial charge in [-0.25, -0.2) is 4.39 Å². The van der Waals surface area contributed by atoms with Crippen LogP contribution in [0.25, 0.3) is 0 Å². The number of benzene rings is 2. The standard InChI is InChI=1S/C16H12BrClFNO/c1-20-13-6-5-9(7-10(13)8-14(20)21)16(17)15-11(18)3-2-4-12(15)19/h2-7,16H,8H2,1H3. The van der Waals surface area contributed by atoms with Gasteiger partial charge >= 0.3 is 0 Å². The Bertz CT molecular complexity index is 714. The molecule has 0 bridgehead atoms. The van der Waals surface area contributed by atoms with E-state index in [1.165, 1.54) is 6.07 Å². The van der Waals surface area contributed by atoms with Crippen LogP contribution in [0.1, 0.15) is 21.5 Å². The van der Waals surface area contributed by atoms with Crippen molar-refractivity contribution in [3.05, 3.63) is 63.9 Å². The zero-order chi connectivity index (χ0) is 15.1. The first-order chi connectivity index (χ1) is 9.99. The monoisotopic (exact) mass is 367 g/mol. The van der Waals surface area contributed by atoms with Crippen LogP contribution < -0.4 is 4.90 Å². The fourth-order valence-electron chi connectivity index (χ4n) is 2.57. The Kier molecular flexibility index (Phi) is 3.76. The van der Waals surface area contributed by atoms with Crippen molar-refractivity contribution >= 4 is 39.1 Å². The number of hydrogen-bond donors (Lipinski definition) is 0. The van der Waals surface area contributed by atoms with Crippen molar-refractivity contribution in [3.8, 4) is 0 Å². The minimum Gasteiger partial charge on any atom is -0.315 e. The number of halogens is 3. The van der Waals surface area contributed by atoms with Crippen molar-refractivity contribution in [2.45, 2.75) is 11.2 Å². The molecule has 1 aliphatic rings. The Morgan fingerprint density at radius 1 is 1.33 bits per heavy atom. The van der Waals surface area contributed by atoms with Crippen molar-refractivity contribution in [2.75, 3.05) is 11.9 Å². The van der Waals surface area contributed by atoms with E-state index in [9.17, 15) is 9.18 Å². The number of alkyl halides is 1. The lowest BCUT2D eigenvalue weighted by atomic mass is 10.0. The molecule has 2 aromatic carbocycles. The van der Waals surface area contributed by atoms with Crippen LogP contribution in [0.15, 0.2) is 36.4 Å². The molecular formula is C16H12BrClFNO. The van der Waals surface area contributed by atoms with Crippen LogP contribution in [-0.4, -0.2) is 13.0 Å². The Labute approximate surface area is 135 Å². The van der Waals surface area contributed by atoms with Gasteiger partial charge in [-0.15, -0.1) is 0 Å². The summed E-state index contributed by atoms with van der Waals surface area (Å²) in [7, 11) is 1.76. The number of rotatable bonds is 2. The quantitative estimate of drug-likeness (QED) is 0.716. The van der Waals surface area contributed by atoms with Gasteiger partial charge in [0.1, 0.15) is 5.82 Å². The van der Waals surface area contributed by atoms with Gasteiger partial charge in [-0.2, -0.15) is 0 Å². The molecule has 3 rings (SSSR count). The van der Waals surface area contributed by atoms with E-state index in [0.717, 1.165) is 16.8 Å². The van der Waals surface area contributed by atoms with E-state index in [2.05, 4.69) is 15.9 Å². The van der Waals surface area contributed by atoms with Crippen LogP contribution in [-0.2, 0) is 11.2 Å². The molecule has 2 aromatic rings. The van der Waals surface area contributed by atoms with Gasteiger partial charge in [-0.05, 0) is 29.3 Å². The molecule has 1 unspecified atom stereocenters. The normalized spacial score (nSPS) is 15.2. The number of anilines is 1. The largest absolute Gasteiger partial charge is 0.315 e. The predicted octanol–water partition coefficient (Wildman–Crippen LogP) is 4.48. The average Bonchev–Trinajstić information content (AvgIpc) is 2.73. The first kappa shape index (κ1) is 14.5. The zero-order valence-corrected chi connectivity index (χ0v) is 13.6. The summed E-state index contributed by atoms with van der Waals surface area (Å²) in [5.74, 6) is -0.282. The summed E-state index contributed by atoms with van der Waals surface area (Å²) in [6, 6.07) is 10.3. The number of likely N-dealkylation sites (N-methyl/N-ethyl adjacent to an activating group) is 1. The Hall–Kier alpha value is -1.39. The molecule has 0 N–H and O–H groups in total. The van der Waals surface area contributed by atoms with E-state index in [1.54, 1.807) is 24.1 Å². The van der Waals surface area contributed by atoms with Gasteiger partial charge in [-0.1, -0.05) is 45.7 Å². The maximum absolute atomic E-state index is 14.0. The van der Waals surface area contributed by atoms with E-state index in [-0.39, 0.29) is 16.6 Å². The number of amides is 1. The molecule has 0 saturated heterocycles. The van der Waals surface area contributed by atoms with Crippen molar-refractivity contribution in [1.29, 1.82) is 0 Å². The van der Waals surface area contributed by atoms with E-state index >= 15 is 0 Å². The second kappa shape index (κ2) is 5.43. The fourth-order valence-corrected chi connectivity index (χ4v) is 3.72. The van der Waals surface area contributed by atoms with Crippen molar-refractivity contribution < 1.29 is 9.18 Å². The maximum atomic E-state index is 14.0. The third-order valence-corrected chi connectivity index (χ3v) is 5.04. The lowest BCUT2D eigenvalue weighted by molar-refractivity contribution is -0.117. The summed E-state index contributed by atoms with van der Waals surface area (Å²) in [5, 5.41) is 0.380. The van der Waals surface area contributed by atoms with E-state index in [0.29, 0.717) is 17.0 Å². The topological polar surface area (TPSA) is 20.3 Å². The highest BCUT2D eigenvalue weighted by Gasteiger charge is 2.26. The van der Waals surface area contributed by atoms with Gasteiger partial charge in [-0.3, -0.25) is 4.79 Å². The Morgan fingerprint density at radius 3 is 2.81 bits per heavy atom. The van der Waals surface area contributed by atoms with Gasteiger partial charge < -0.3 is 4.90 Å². The fraction of sp³-hybridized carbons (Fsp3) is 0.188. The molecule has 1 atom stereocenters. The lowest BCUT2D eigenvalue weighted by Crippen LogP contribution is -2.20. The minimum absolute atomic E-state index is 0.0668. The first-order valence-electron chi connectivity index (χ1n) is 6.46. The third kappa shape index (κ3) is 2.47. The maximum Gasteiger partial charge on any atom is 0.231 e. The van der Waals surface area contributed by atoms with Crippen LogP contribution >= 0.6 is 27.5 Å². The molecule has 1 aliphatic heterocycles. The van der Waals surface area contributed by atoms with Gasteiger partial charge in [0.2, 0.25) is 5.91 Å². The second-order valence-electron chi connectivity index (χ2n) is 5.02. The summed E-state index contributed by atoms with van der Waals surface area (Å²) < 4.78 is 14.0. The van der Waals surface area contributed by atoms with Gasteiger partial charge in [0.15, 0.2) is 0 Å². The molecular weight excluding hydrogens is 357 g/mol. The molecule has 2 nitrogen and oxygen atoms in total. The lowest BCUT2D eigenvalue weighted by Gasteiger charge is -2.15. The van der Waals surface area contributed by atoms with Crippen LogP contribution in [0, 0.1) is 5.82 Å². The zero-order valence-electron chi connectivity index (χ0n) is 11.2. The molecule has 0 aromatic heterocycles. The van der Waals surface area contributed by atoms with Crippen molar-refractivity contribution in [3.63, 3.8) is 0 Å².